The Kier molecular flexibility index (Phi) is 3.42. The van der Waals surface area contributed by atoms with Crippen molar-refractivity contribution in [3.63, 3.8) is 0 Å². The predicted octanol–water partition coefficient (Wildman–Crippen LogP) is 2.24. The average molecular weight is 211 g/mol. The molecule has 0 aromatic carbocycles. The van der Waals surface area contributed by atoms with Crippen LogP contribution in [0.3, 0.4) is 0 Å². The van der Waals surface area contributed by atoms with Crippen molar-refractivity contribution in [1.82, 2.24) is 0 Å². The van der Waals surface area contributed by atoms with Crippen LogP contribution in [0.5, 0.6) is 0 Å². The summed E-state index contributed by atoms with van der Waals surface area (Å²) < 4.78 is 5.60. The Balaban J connectivity index is 2.95. The Morgan fingerprint density at radius 3 is 2.27 bits per heavy atom. The number of aliphatic hydroxyl groups is 1. The first-order valence-corrected chi connectivity index (χ1v) is 5.66. The van der Waals surface area contributed by atoms with Crippen LogP contribution in [-0.2, 0) is 4.74 Å². The lowest BCUT2D eigenvalue weighted by atomic mass is 9.66. The molecule has 3 heteroatoms. The molecule has 0 amide bonds. The highest BCUT2D eigenvalue weighted by atomic mass is 16.5. The van der Waals surface area contributed by atoms with E-state index in [1.807, 2.05) is 27.7 Å². The van der Waals surface area contributed by atoms with Crippen LogP contribution in [0.2, 0.25) is 0 Å². The quantitative estimate of drug-likeness (QED) is 0.762. The molecule has 15 heavy (non-hydrogen) atoms. The van der Waals surface area contributed by atoms with Crippen molar-refractivity contribution < 1.29 is 9.84 Å². The van der Waals surface area contributed by atoms with Gasteiger partial charge in [-0.1, -0.05) is 6.92 Å². The van der Waals surface area contributed by atoms with Gasteiger partial charge in [0, 0.05) is 12.8 Å². The van der Waals surface area contributed by atoms with Crippen LogP contribution in [0, 0.1) is 16.7 Å². The van der Waals surface area contributed by atoms with Gasteiger partial charge in [-0.25, -0.2) is 0 Å². The zero-order chi connectivity index (χ0) is 11.7. The smallest absolute Gasteiger partial charge is 0.0879 e. The van der Waals surface area contributed by atoms with Gasteiger partial charge in [-0.2, -0.15) is 5.26 Å². The van der Waals surface area contributed by atoms with E-state index in [1.54, 1.807) is 0 Å². The molecule has 0 radical (unpaired) electrons. The Morgan fingerprint density at radius 2 is 1.93 bits per heavy atom. The number of nitrogens with zero attached hydrogens (tertiary/aromatic N) is 1. The third-order valence-corrected chi connectivity index (χ3v) is 3.70. The van der Waals surface area contributed by atoms with Gasteiger partial charge < -0.3 is 9.84 Å². The van der Waals surface area contributed by atoms with Crippen LogP contribution in [-0.4, -0.2) is 22.9 Å². The molecule has 1 rings (SSSR count). The predicted molar refractivity (Wildman–Crippen MR) is 58.2 cm³/mol. The summed E-state index contributed by atoms with van der Waals surface area (Å²) in [5.74, 6) is 0. The van der Waals surface area contributed by atoms with Crippen LogP contribution in [0.1, 0.15) is 47.0 Å². The van der Waals surface area contributed by atoms with Crippen LogP contribution in [0.25, 0.3) is 0 Å². The van der Waals surface area contributed by atoms with Gasteiger partial charge in [0.05, 0.1) is 29.3 Å². The molecular weight excluding hydrogens is 190 g/mol. The number of hydrogen-bond acceptors (Lipinski definition) is 3. The van der Waals surface area contributed by atoms with Gasteiger partial charge in [0.2, 0.25) is 0 Å². The van der Waals surface area contributed by atoms with Gasteiger partial charge in [-0.05, 0) is 27.2 Å². The van der Waals surface area contributed by atoms with Crippen LogP contribution in [0.15, 0.2) is 0 Å². The molecule has 0 aliphatic carbocycles. The van der Waals surface area contributed by atoms with E-state index in [0.29, 0.717) is 19.3 Å². The van der Waals surface area contributed by atoms with Gasteiger partial charge in [-0.3, -0.25) is 0 Å². The van der Waals surface area contributed by atoms with E-state index < -0.39 is 11.0 Å². The van der Waals surface area contributed by atoms with Crippen molar-refractivity contribution in [1.29, 1.82) is 5.26 Å². The maximum Gasteiger partial charge on any atom is 0.0879 e. The highest BCUT2D eigenvalue weighted by Crippen LogP contribution is 2.44. The molecule has 1 heterocycles. The maximum absolute atomic E-state index is 10.6. The number of nitriles is 1. The average Bonchev–Trinajstić information content (AvgIpc) is 2.14. The molecule has 1 saturated heterocycles. The number of hydrogen-bond donors (Lipinski definition) is 1. The molecule has 3 atom stereocenters. The van der Waals surface area contributed by atoms with Crippen LogP contribution < -0.4 is 0 Å². The topological polar surface area (TPSA) is 53.2 Å². The first-order valence-electron chi connectivity index (χ1n) is 5.66. The molecule has 3 unspecified atom stereocenters. The van der Waals surface area contributed by atoms with Crippen molar-refractivity contribution in [3.8, 4) is 6.07 Å². The molecule has 1 fully saturated rings. The Morgan fingerprint density at radius 1 is 1.47 bits per heavy atom. The molecule has 0 aromatic rings. The molecule has 1 aliphatic rings. The normalized spacial score (nSPS) is 40.5. The van der Waals surface area contributed by atoms with E-state index in [1.165, 1.54) is 0 Å². The lowest BCUT2D eigenvalue weighted by molar-refractivity contribution is -0.169. The molecular formula is C12H21NO2. The minimum absolute atomic E-state index is 0.0259. The fourth-order valence-electron chi connectivity index (χ4n) is 2.49. The second kappa shape index (κ2) is 4.11. The van der Waals surface area contributed by atoms with Gasteiger partial charge >= 0.3 is 0 Å². The first-order chi connectivity index (χ1) is 6.87. The van der Waals surface area contributed by atoms with Crippen molar-refractivity contribution in [3.05, 3.63) is 0 Å². The minimum Gasteiger partial charge on any atom is -0.388 e. The number of ether oxygens (including phenoxy) is 1. The highest BCUT2D eigenvalue weighted by molar-refractivity contribution is 5.10. The summed E-state index contributed by atoms with van der Waals surface area (Å²) in [4.78, 5) is 0. The van der Waals surface area contributed by atoms with Gasteiger partial charge in [-0.15, -0.1) is 0 Å². The molecule has 0 saturated carbocycles. The summed E-state index contributed by atoms with van der Waals surface area (Å²) in [6.45, 7) is 7.70. The van der Waals surface area contributed by atoms with E-state index in [2.05, 4.69) is 6.07 Å². The summed E-state index contributed by atoms with van der Waals surface area (Å²) in [5, 5.41) is 19.9. The monoisotopic (exact) mass is 211 g/mol. The van der Waals surface area contributed by atoms with Crippen molar-refractivity contribution in [2.24, 2.45) is 5.41 Å². The van der Waals surface area contributed by atoms with Crippen LogP contribution in [0.4, 0.5) is 0 Å². The Labute approximate surface area is 92.0 Å². The molecule has 0 spiro atoms. The lowest BCUT2D eigenvalue weighted by Gasteiger charge is -2.46. The summed E-state index contributed by atoms with van der Waals surface area (Å²) in [6.07, 6.45) is 1.82. The summed E-state index contributed by atoms with van der Waals surface area (Å²) in [5.41, 5.74) is -1.58. The summed E-state index contributed by atoms with van der Waals surface area (Å²) in [6, 6.07) is 2.27. The first kappa shape index (κ1) is 12.5. The summed E-state index contributed by atoms with van der Waals surface area (Å²) >= 11 is 0. The fourth-order valence-corrected chi connectivity index (χ4v) is 2.49. The van der Waals surface area contributed by atoms with Crippen LogP contribution >= 0.6 is 0 Å². The third kappa shape index (κ3) is 2.16. The zero-order valence-electron chi connectivity index (χ0n) is 10.1. The van der Waals surface area contributed by atoms with E-state index in [-0.39, 0.29) is 12.2 Å². The zero-order valence-corrected chi connectivity index (χ0v) is 10.1. The van der Waals surface area contributed by atoms with Gasteiger partial charge in [0.1, 0.15) is 0 Å². The molecule has 0 bridgehead atoms. The van der Waals surface area contributed by atoms with Gasteiger partial charge in [0.25, 0.3) is 0 Å². The van der Waals surface area contributed by atoms with E-state index in [4.69, 9.17) is 4.74 Å². The molecule has 0 aromatic heterocycles. The van der Waals surface area contributed by atoms with Crippen molar-refractivity contribution >= 4 is 0 Å². The second-order valence-corrected chi connectivity index (χ2v) is 4.99. The lowest BCUT2D eigenvalue weighted by Crippen LogP contribution is -2.53. The fraction of sp³-hybridized carbons (Fsp3) is 0.917. The van der Waals surface area contributed by atoms with E-state index in [9.17, 15) is 10.4 Å². The Hall–Kier alpha value is -0.590. The van der Waals surface area contributed by atoms with E-state index >= 15 is 0 Å². The number of rotatable bonds is 2. The third-order valence-electron chi connectivity index (χ3n) is 3.70. The molecule has 3 nitrogen and oxygen atoms in total. The van der Waals surface area contributed by atoms with E-state index in [0.717, 1.165) is 0 Å². The maximum atomic E-state index is 10.6. The second-order valence-electron chi connectivity index (χ2n) is 4.99. The molecule has 86 valence electrons. The van der Waals surface area contributed by atoms with Crippen molar-refractivity contribution in [2.75, 3.05) is 0 Å². The summed E-state index contributed by atoms with van der Waals surface area (Å²) in [7, 11) is 0. The molecule has 1 N–H and O–H groups in total. The molecule has 1 aliphatic heterocycles. The SMILES string of the molecule is CCC(C)(C#N)C1(O)CC(C)OC(C)C1. The largest absolute Gasteiger partial charge is 0.388 e. The Bertz CT molecular complexity index is 261. The highest BCUT2D eigenvalue weighted by Gasteiger charge is 2.50. The van der Waals surface area contributed by atoms with Gasteiger partial charge in [0.15, 0.2) is 0 Å². The van der Waals surface area contributed by atoms with Crippen molar-refractivity contribution in [2.45, 2.75) is 64.8 Å². The minimum atomic E-state index is -0.909. The standard InChI is InChI=1S/C12H21NO2/c1-5-11(4,8-13)12(14)6-9(2)15-10(3)7-12/h9-10,14H,5-7H2,1-4H3.